The summed E-state index contributed by atoms with van der Waals surface area (Å²) in [5, 5.41) is 3.10. The summed E-state index contributed by atoms with van der Waals surface area (Å²) >= 11 is 0. The Balaban J connectivity index is 1.46. The maximum atomic E-state index is 12.8. The molecule has 0 bridgehead atoms. The second-order valence-corrected chi connectivity index (χ2v) is 6.44. The molecule has 132 valence electrons. The van der Waals surface area contributed by atoms with Crippen LogP contribution in [-0.2, 0) is 11.3 Å². The number of urea groups is 1. The smallest absolute Gasteiger partial charge is 0.318 e. The quantitative estimate of drug-likeness (QED) is 0.925. The number of nitrogens with zero attached hydrogens (tertiary/aromatic N) is 1. The summed E-state index contributed by atoms with van der Waals surface area (Å²) in [6, 6.07) is 11.5. The van der Waals surface area contributed by atoms with Gasteiger partial charge in [-0.05, 0) is 31.0 Å². The van der Waals surface area contributed by atoms with E-state index < -0.39 is 0 Å². The average Bonchev–Trinajstić information content (AvgIpc) is 3.34. The number of para-hydroxylation sites is 1. The van der Waals surface area contributed by atoms with Crippen LogP contribution in [0.4, 0.5) is 4.79 Å². The Morgan fingerprint density at radius 3 is 3.08 bits per heavy atom. The van der Waals surface area contributed by atoms with Gasteiger partial charge in [0.05, 0.1) is 12.1 Å². The molecule has 0 saturated carbocycles. The largest absolute Gasteiger partial charge is 0.491 e. The molecule has 2 amide bonds. The summed E-state index contributed by atoms with van der Waals surface area (Å²) in [6.45, 7) is 1.64. The molecule has 0 unspecified atom stereocenters. The number of methoxy groups -OCH3 is 1. The lowest BCUT2D eigenvalue weighted by molar-refractivity contribution is 0.155. The summed E-state index contributed by atoms with van der Waals surface area (Å²) in [5.41, 5.74) is 1.03. The van der Waals surface area contributed by atoms with Crippen molar-refractivity contribution in [2.24, 2.45) is 0 Å². The van der Waals surface area contributed by atoms with Crippen molar-refractivity contribution in [2.75, 3.05) is 20.3 Å². The third-order valence-electron chi connectivity index (χ3n) is 4.81. The average molecular weight is 342 g/mol. The number of hydrogen-bond donors (Lipinski definition) is 1. The molecule has 1 aromatic carbocycles. The monoisotopic (exact) mass is 342 g/mol. The molecule has 2 aromatic rings. The van der Waals surface area contributed by atoms with Gasteiger partial charge < -0.3 is 24.1 Å². The molecular formula is C19H22N2O4. The van der Waals surface area contributed by atoms with Crippen molar-refractivity contribution in [3.63, 3.8) is 0 Å². The van der Waals surface area contributed by atoms with E-state index in [-0.39, 0.29) is 18.1 Å². The van der Waals surface area contributed by atoms with Gasteiger partial charge in [0.2, 0.25) is 0 Å². The SMILES string of the molecule is COCc1ccc([C@H]2CCCN2C(=O)N[C@H]2COc3ccccc32)o1. The molecule has 6 nitrogen and oxygen atoms in total. The minimum Gasteiger partial charge on any atom is -0.491 e. The van der Waals surface area contributed by atoms with E-state index in [0.717, 1.165) is 42.2 Å². The Morgan fingerprint density at radius 2 is 2.20 bits per heavy atom. The lowest BCUT2D eigenvalue weighted by atomic mass is 10.1. The van der Waals surface area contributed by atoms with E-state index in [1.165, 1.54) is 0 Å². The molecule has 2 aliphatic rings. The molecular weight excluding hydrogens is 320 g/mol. The van der Waals surface area contributed by atoms with Crippen LogP contribution in [-0.4, -0.2) is 31.2 Å². The molecule has 25 heavy (non-hydrogen) atoms. The number of likely N-dealkylation sites (tertiary alicyclic amines) is 1. The highest BCUT2D eigenvalue weighted by Gasteiger charge is 2.34. The topological polar surface area (TPSA) is 63.9 Å². The minimum absolute atomic E-state index is 0.0248. The van der Waals surface area contributed by atoms with Crippen molar-refractivity contribution < 1.29 is 18.7 Å². The van der Waals surface area contributed by atoms with Gasteiger partial charge in [0.1, 0.15) is 30.5 Å². The Morgan fingerprint density at radius 1 is 1.32 bits per heavy atom. The Kier molecular flexibility index (Phi) is 4.36. The van der Waals surface area contributed by atoms with Crippen LogP contribution in [0.2, 0.25) is 0 Å². The number of nitrogens with one attached hydrogen (secondary N) is 1. The first-order valence-electron chi connectivity index (χ1n) is 8.62. The summed E-state index contributed by atoms with van der Waals surface area (Å²) in [4.78, 5) is 14.7. The number of rotatable bonds is 4. The highest BCUT2D eigenvalue weighted by Crippen LogP contribution is 2.35. The van der Waals surface area contributed by atoms with E-state index >= 15 is 0 Å². The van der Waals surface area contributed by atoms with Crippen LogP contribution in [0.15, 0.2) is 40.8 Å². The minimum atomic E-state index is -0.106. The van der Waals surface area contributed by atoms with Crippen LogP contribution in [0.3, 0.4) is 0 Å². The Bertz CT molecular complexity index is 757. The van der Waals surface area contributed by atoms with Crippen molar-refractivity contribution >= 4 is 6.03 Å². The number of amides is 2. The molecule has 0 radical (unpaired) electrons. The molecule has 0 aliphatic carbocycles. The number of ether oxygens (including phenoxy) is 2. The van der Waals surface area contributed by atoms with Crippen LogP contribution in [0.25, 0.3) is 0 Å². The van der Waals surface area contributed by atoms with Crippen LogP contribution in [0.1, 0.15) is 42.0 Å². The van der Waals surface area contributed by atoms with Crippen LogP contribution in [0.5, 0.6) is 5.75 Å². The molecule has 3 heterocycles. The van der Waals surface area contributed by atoms with Crippen molar-refractivity contribution in [1.82, 2.24) is 10.2 Å². The molecule has 1 N–H and O–H groups in total. The highest BCUT2D eigenvalue weighted by atomic mass is 16.5. The standard InChI is InChI=1S/C19H22N2O4/c1-23-11-13-8-9-18(25-13)16-6-4-10-21(16)19(22)20-15-12-24-17-7-3-2-5-14(15)17/h2-3,5,7-9,15-16H,4,6,10-12H2,1H3,(H,20,22)/t15-,16+/m0/s1. The third-order valence-corrected chi connectivity index (χ3v) is 4.81. The Labute approximate surface area is 146 Å². The van der Waals surface area contributed by atoms with E-state index in [2.05, 4.69) is 5.32 Å². The van der Waals surface area contributed by atoms with Gasteiger partial charge in [-0.2, -0.15) is 0 Å². The van der Waals surface area contributed by atoms with E-state index in [4.69, 9.17) is 13.9 Å². The van der Waals surface area contributed by atoms with Gasteiger partial charge in [-0.15, -0.1) is 0 Å². The predicted molar refractivity (Wildman–Crippen MR) is 91.3 cm³/mol. The van der Waals surface area contributed by atoms with Gasteiger partial charge in [0.15, 0.2) is 0 Å². The van der Waals surface area contributed by atoms with Gasteiger partial charge in [0, 0.05) is 19.2 Å². The number of hydrogen-bond acceptors (Lipinski definition) is 4. The fourth-order valence-corrected chi connectivity index (χ4v) is 3.61. The van der Waals surface area contributed by atoms with Gasteiger partial charge in [-0.25, -0.2) is 4.79 Å². The highest BCUT2D eigenvalue weighted by molar-refractivity contribution is 5.76. The van der Waals surface area contributed by atoms with Crippen molar-refractivity contribution in [3.8, 4) is 5.75 Å². The van der Waals surface area contributed by atoms with Gasteiger partial charge in [0.25, 0.3) is 0 Å². The zero-order valence-corrected chi connectivity index (χ0v) is 14.2. The molecule has 4 rings (SSSR count). The molecule has 6 heteroatoms. The fourth-order valence-electron chi connectivity index (χ4n) is 3.61. The van der Waals surface area contributed by atoms with Crippen LogP contribution in [0, 0.1) is 0 Å². The second-order valence-electron chi connectivity index (χ2n) is 6.44. The fraction of sp³-hybridized carbons (Fsp3) is 0.421. The first kappa shape index (κ1) is 16.0. The first-order valence-corrected chi connectivity index (χ1v) is 8.62. The van der Waals surface area contributed by atoms with Crippen molar-refractivity contribution in [3.05, 3.63) is 53.5 Å². The predicted octanol–water partition coefficient (Wildman–Crippen LogP) is 3.41. The molecule has 2 atom stereocenters. The Hall–Kier alpha value is -2.47. The van der Waals surface area contributed by atoms with Crippen LogP contribution < -0.4 is 10.1 Å². The number of carbonyl (C=O) groups is 1. The zero-order chi connectivity index (χ0) is 17.2. The molecule has 1 saturated heterocycles. The lowest BCUT2D eigenvalue weighted by Crippen LogP contribution is -2.41. The third kappa shape index (κ3) is 3.09. The molecule has 0 spiro atoms. The van der Waals surface area contributed by atoms with Gasteiger partial charge in [-0.3, -0.25) is 0 Å². The van der Waals surface area contributed by atoms with E-state index in [1.54, 1.807) is 7.11 Å². The number of furan rings is 1. The lowest BCUT2D eigenvalue weighted by Gasteiger charge is -2.25. The summed E-state index contributed by atoms with van der Waals surface area (Å²) in [7, 11) is 1.64. The van der Waals surface area contributed by atoms with E-state index in [1.807, 2.05) is 41.3 Å². The summed E-state index contributed by atoms with van der Waals surface area (Å²) in [5.74, 6) is 2.45. The molecule has 1 aromatic heterocycles. The molecule has 2 aliphatic heterocycles. The van der Waals surface area contributed by atoms with E-state index in [9.17, 15) is 4.79 Å². The maximum Gasteiger partial charge on any atom is 0.318 e. The zero-order valence-electron chi connectivity index (χ0n) is 14.2. The first-order chi connectivity index (χ1) is 12.3. The maximum absolute atomic E-state index is 12.8. The number of benzene rings is 1. The van der Waals surface area contributed by atoms with Crippen molar-refractivity contribution in [2.45, 2.75) is 31.5 Å². The number of carbonyl (C=O) groups excluding carboxylic acids is 1. The van der Waals surface area contributed by atoms with Crippen LogP contribution >= 0.6 is 0 Å². The normalized spacial score (nSPS) is 21.9. The summed E-state index contributed by atoms with van der Waals surface area (Å²) < 4.78 is 16.6. The van der Waals surface area contributed by atoms with Gasteiger partial charge >= 0.3 is 6.03 Å². The second kappa shape index (κ2) is 6.80. The summed E-state index contributed by atoms with van der Waals surface area (Å²) in [6.07, 6.45) is 1.88. The van der Waals surface area contributed by atoms with E-state index in [0.29, 0.717) is 13.2 Å². The van der Waals surface area contributed by atoms with Crippen molar-refractivity contribution in [1.29, 1.82) is 0 Å². The number of fused-ring (bicyclic) bond motifs is 1. The van der Waals surface area contributed by atoms with Gasteiger partial charge in [-0.1, -0.05) is 18.2 Å². The molecule has 1 fully saturated rings.